The molecule has 17 heavy (non-hydrogen) atoms. The van der Waals surface area contributed by atoms with Gasteiger partial charge in [0, 0.05) is 0 Å². The smallest absolute Gasteiger partial charge is 0.344 e. The van der Waals surface area contributed by atoms with Crippen LogP contribution in [0.2, 0.25) is 0 Å². The van der Waals surface area contributed by atoms with E-state index in [0.717, 1.165) is 12.8 Å². The fraction of sp³-hybridized carbons (Fsp3) is 0.500. The Morgan fingerprint density at radius 3 is 2.71 bits per heavy atom. The molecule has 0 spiro atoms. The molecular weight excluding hydrogens is 216 g/mol. The molecule has 0 bridgehead atoms. The summed E-state index contributed by atoms with van der Waals surface area (Å²) in [5.41, 5.74) is 2.70. The summed E-state index contributed by atoms with van der Waals surface area (Å²) in [6.07, 6.45) is 4.41. The predicted octanol–water partition coefficient (Wildman–Crippen LogP) is 2.81. The molecule has 3 nitrogen and oxygen atoms in total. The van der Waals surface area contributed by atoms with Gasteiger partial charge >= 0.3 is 5.97 Å². The first-order chi connectivity index (χ1) is 8.20. The van der Waals surface area contributed by atoms with Gasteiger partial charge in [0.1, 0.15) is 5.75 Å². The zero-order chi connectivity index (χ0) is 12.3. The van der Waals surface area contributed by atoms with E-state index in [1.165, 1.54) is 24.0 Å². The van der Waals surface area contributed by atoms with Gasteiger partial charge in [-0.25, -0.2) is 4.79 Å². The van der Waals surface area contributed by atoms with E-state index in [0.29, 0.717) is 12.2 Å². The molecule has 0 fully saturated rings. The van der Waals surface area contributed by atoms with E-state index < -0.39 is 12.1 Å². The number of benzene rings is 1. The molecule has 3 heteroatoms. The Kier molecular flexibility index (Phi) is 3.67. The second-order valence-electron chi connectivity index (χ2n) is 4.49. The number of fused-ring (bicyclic) bond motifs is 1. The molecule has 92 valence electrons. The fourth-order valence-electron chi connectivity index (χ4n) is 2.26. The molecule has 1 aliphatic carbocycles. The number of carboxylic acids is 1. The van der Waals surface area contributed by atoms with Gasteiger partial charge in [0.25, 0.3) is 0 Å². The number of aryl methyl sites for hydroxylation is 2. The highest BCUT2D eigenvalue weighted by Crippen LogP contribution is 2.26. The first-order valence-corrected chi connectivity index (χ1v) is 6.22. The second kappa shape index (κ2) is 5.21. The Bertz CT molecular complexity index is 412. The number of aliphatic carboxylic acids is 1. The Morgan fingerprint density at radius 1 is 1.35 bits per heavy atom. The van der Waals surface area contributed by atoms with E-state index >= 15 is 0 Å². The molecule has 0 aliphatic heterocycles. The van der Waals surface area contributed by atoms with Crippen LogP contribution >= 0.6 is 0 Å². The maximum Gasteiger partial charge on any atom is 0.344 e. The monoisotopic (exact) mass is 234 g/mol. The summed E-state index contributed by atoms with van der Waals surface area (Å²) in [5.74, 6) is -0.217. The minimum absolute atomic E-state index is 0.479. The van der Waals surface area contributed by atoms with Crippen LogP contribution in [-0.2, 0) is 17.6 Å². The molecule has 0 amide bonds. The van der Waals surface area contributed by atoms with Crippen LogP contribution in [-0.4, -0.2) is 17.2 Å². The SMILES string of the molecule is CC[C@@H](Oc1ccc2c(c1)CCCC2)C(=O)O. The van der Waals surface area contributed by atoms with Crippen LogP contribution in [0.4, 0.5) is 0 Å². The summed E-state index contributed by atoms with van der Waals surface area (Å²) in [6, 6.07) is 5.95. The first kappa shape index (κ1) is 12.0. The fourth-order valence-corrected chi connectivity index (χ4v) is 2.26. The molecule has 0 saturated carbocycles. The highest BCUT2D eigenvalue weighted by atomic mass is 16.5. The molecule has 1 N–H and O–H groups in total. The van der Waals surface area contributed by atoms with E-state index in [2.05, 4.69) is 6.07 Å². The van der Waals surface area contributed by atoms with E-state index in [1.807, 2.05) is 19.1 Å². The molecule has 0 aromatic heterocycles. The average Bonchev–Trinajstić information content (AvgIpc) is 2.35. The van der Waals surface area contributed by atoms with Crippen molar-refractivity contribution in [3.63, 3.8) is 0 Å². The zero-order valence-corrected chi connectivity index (χ0v) is 10.1. The Balaban J connectivity index is 2.14. The van der Waals surface area contributed by atoms with Crippen molar-refractivity contribution in [1.29, 1.82) is 0 Å². The largest absolute Gasteiger partial charge is 0.479 e. The van der Waals surface area contributed by atoms with Crippen LogP contribution < -0.4 is 4.74 Å². The predicted molar refractivity (Wildman–Crippen MR) is 65.4 cm³/mol. The number of rotatable bonds is 4. The maximum absolute atomic E-state index is 10.9. The summed E-state index contributed by atoms with van der Waals surface area (Å²) in [6.45, 7) is 1.82. The van der Waals surface area contributed by atoms with Crippen LogP contribution in [0.5, 0.6) is 5.75 Å². The van der Waals surface area contributed by atoms with Gasteiger partial charge in [-0.1, -0.05) is 13.0 Å². The lowest BCUT2D eigenvalue weighted by Gasteiger charge is -2.18. The van der Waals surface area contributed by atoms with Crippen molar-refractivity contribution in [2.75, 3.05) is 0 Å². The maximum atomic E-state index is 10.9. The van der Waals surface area contributed by atoms with Crippen molar-refractivity contribution in [2.24, 2.45) is 0 Å². The Morgan fingerprint density at radius 2 is 2.06 bits per heavy atom. The molecule has 1 aliphatic rings. The summed E-state index contributed by atoms with van der Waals surface area (Å²) >= 11 is 0. The lowest BCUT2D eigenvalue weighted by molar-refractivity contribution is -0.145. The lowest BCUT2D eigenvalue weighted by Crippen LogP contribution is -2.26. The molecule has 0 heterocycles. The van der Waals surface area contributed by atoms with E-state index in [9.17, 15) is 4.79 Å². The molecule has 1 aromatic carbocycles. The Labute approximate surface area is 101 Å². The first-order valence-electron chi connectivity index (χ1n) is 6.22. The van der Waals surface area contributed by atoms with Gasteiger partial charge in [0.15, 0.2) is 6.10 Å². The quantitative estimate of drug-likeness (QED) is 0.871. The van der Waals surface area contributed by atoms with Crippen molar-refractivity contribution >= 4 is 5.97 Å². The summed E-state index contributed by atoms with van der Waals surface area (Å²) in [7, 11) is 0. The van der Waals surface area contributed by atoms with Crippen molar-refractivity contribution < 1.29 is 14.6 Å². The van der Waals surface area contributed by atoms with E-state index in [-0.39, 0.29) is 0 Å². The van der Waals surface area contributed by atoms with Crippen LogP contribution in [0.3, 0.4) is 0 Å². The normalized spacial score (nSPS) is 16.1. The van der Waals surface area contributed by atoms with Crippen LogP contribution in [0.15, 0.2) is 18.2 Å². The third-order valence-corrected chi connectivity index (χ3v) is 3.24. The van der Waals surface area contributed by atoms with Gasteiger partial charge in [-0.3, -0.25) is 0 Å². The van der Waals surface area contributed by atoms with Crippen molar-refractivity contribution in [3.05, 3.63) is 29.3 Å². The third-order valence-electron chi connectivity index (χ3n) is 3.24. The topological polar surface area (TPSA) is 46.5 Å². The number of carbonyl (C=O) groups is 1. The van der Waals surface area contributed by atoms with Gasteiger partial charge in [0.2, 0.25) is 0 Å². The molecule has 2 rings (SSSR count). The molecule has 1 atom stereocenters. The minimum atomic E-state index is -0.898. The van der Waals surface area contributed by atoms with Gasteiger partial charge in [-0.2, -0.15) is 0 Å². The van der Waals surface area contributed by atoms with Gasteiger partial charge in [0.05, 0.1) is 0 Å². The summed E-state index contributed by atoms with van der Waals surface area (Å²) < 4.78 is 5.49. The van der Waals surface area contributed by atoms with Crippen LogP contribution in [0.1, 0.15) is 37.3 Å². The van der Waals surface area contributed by atoms with E-state index in [4.69, 9.17) is 9.84 Å². The summed E-state index contributed by atoms with van der Waals surface area (Å²) in [4.78, 5) is 10.9. The van der Waals surface area contributed by atoms with Crippen LogP contribution in [0.25, 0.3) is 0 Å². The molecule has 0 unspecified atom stereocenters. The van der Waals surface area contributed by atoms with Gasteiger partial charge in [-0.15, -0.1) is 0 Å². The number of hydrogen-bond donors (Lipinski definition) is 1. The van der Waals surface area contributed by atoms with Crippen molar-refractivity contribution in [3.8, 4) is 5.75 Å². The van der Waals surface area contributed by atoms with Crippen LogP contribution in [0, 0.1) is 0 Å². The third kappa shape index (κ3) is 2.78. The minimum Gasteiger partial charge on any atom is -0.479 e. The molecular formula is C14H18O3. The number of ether oxygens (including phenoxy) is 1. The van der Waals surface area contributed by atoms with Gasteiger partial charge < -0.3 is 9.84 Å². The highest BCUT2D eigenvalue weighted by molar-refractivity contribution is 5.72. The number of carboxylic acid groups (broad SMARTS) is 1. The lowest BCUT2D eigenvalue weighted by atomic mass is 9.92. The Hall–Kier alpha value is -1.51. The second-order valence-corrected chi connectivity index (χ2v) is 4.49. The summed E-state index contributed by atoms with van der Waals surface area (Å²) in [5, 5.41) is 8.95. The van der Waals surface area contributed by atoms with Crippen molar-refractivity contribution in [2.45, 2.75) is 45.1 Å². The standard InChI is InChI=1S/C14H18O3/c1-2-13(14(15)16)17-12-8-7-10-5-3-4-6-11(10)9-12/h7-9,13H,2-6H2,1H3,(H,15,16)/t13-/m1/s1. The van der Waals surface area contributed by atoms with Gasteiger partial charge in [-0.05, 0) is 55.4 Å². The molecule has 0 saturated heterocycles. The number of hydrogen-bond acceptors (Lipinski definition) is 2. The zero-order valence-electron chi connectivity index (χ0n) is 10.1. The average molecular weight is 234 g/mol. The molecule has 1 aromatic rings. The van der Waals surface area contributed by atoms with Crippen molar-refractivity contribution in [1.82, 2.24) is 0 Å². The van der Waals surface area contributed by atoms with E-state index in [1.54, 1.807) is 0 Å². The molecule has 0 radical (unpaired) electrons. The highest BCUT2D eigenvalue weighted by Gasteiger charge is 2.17.